The number of aromatic nitrogens is 2. The Bertz CT molecular complexity index is 624. The third kappa shape index (κ3) is 2.25. The lowest BCUT2D eigenvalue weighted by Gasteiger charge is -2.41. The summed E-state index contributed by atoms with van der Waals surface area (Å²) in [6.45, 7) is 2.11. The lowest BCUT2D eigenvalue weighted by Crippen LogP contribution is -2.37. The van der Waals surface area contributed by atoms with Gasteiger partial charge in [-0.15, -0.1) is 0 Å². The number of aryl methyl sites for hydroxylation is 1. The van der Waals surface area contributed by atoms with E-state index >= 15 is 0 Å². The molecule has 1 heterocycles. The fourth-order valence-corrected chi connectivity index (χ4v) is 3.65. The van der Waals surface area contributed by atoms with E-state index in [1.54, 1.807) is 0 Å². The zero-order valence-electron chi connectivity index (χ0n) is 11.4. The van der Waals surface area contributed by atoms with Gasteiger partial charge in [0.2, 0.25) is 0 Å². The first kappa shape index (κ1) is 14.3. The average Bonchev–Trinajstić information content (AvgIpc) is 2.42. The van der Waals surface area contributed by atoms with Crippen LogP contribution in [0.15, 0.2) is 30.3 Å². The summed E-state index contributed by atoms with van der Waals surface area (Å²) in [5, 5.41) is 0.592. The number of hydrogen-bond donors (Lipinski definition) is 0. The lowest BCUT2D eigenvalue weighted by atomic mass is 9.64. The molecule has 0 saturated heterocycles. The molecule has 1 aromatic carbocycles. The molecule has 104 valence electrons. The van der Waals surface area contributed by atoms with Crippen LogP contribution >= 0.6 is 34.2 Å². The van der Waals surface area contributed by atoms with Gasteiger partial charge in [0.05, 0.1) is 14.7 Å². The van der Waals surface area contributed by atoms with Gasteiger partial charge in [-0.25, -0.2) is 9.97 Å². The summed E-state index contributed by atoms with van der Waals surface area (Å²) >= 11 is 8.55. The highest BCUT2D eigenvalue weighted by atomic mass is 127. The molecule has 20 heavy (non-hydrogen) atoms. The van der Waals surface area contributed by atoms with E-state index in [2.05, 4.69) is 64.8 Å². The number of halogens is 2. The zero-order chi connectivity index (χ0) is 14.2. The molecule has 0 spiro atoms. The van der Waals surface area contributed by atoms with Crippen molar-refractivity contribution < 1.29 is 0 Å². The Morgan fingerprint density at radius 3 is 2.45 bits per heavy atom. The third-order valence-corrected chi connectivity index (χ3v) is 5.90. The van der Waals surface area contributed by atoms with Gasteiger partial charge in [0.25, 0.3) is 0 Å². The molecule has 4 heteroatoms. The van der Waals surface area contributed by atoms with Crippen LogP contribution in [0.2, 0.25) is 5.15 Å². The summed E-state index contributed by atoms with van der Waals surface area (Å²) in [7, 11) is 0. The second-order valence-electron chi connectivity index (χ2n) is 5.25. The van der Waals surface area contributed by atoms with Crippen molar-refractivity contribution in [2.24, 2.45) is 0 Å². The smallest absolute Gasteiger partial charge is 0.146 e. The molecule has 0 aliphatic heterocycles. The van der Waals surface area contributed by atoms with Crippen molar-refractivity contribution in [2.45, 2.75) is 38.0 Å². The normalized spacial score (nSPS) is 16.8. The largest absolute Gasteiger partial charge is 0.236 e. The van der Waals surface area contributed by atoms with Gasteiger partial charge < -0.3 is 0 Å². The van der Waals surface area contributed by atoms with Crippen LogP contribution in [0.3, 0.4) is 0 Å². The first-order valence-corrected chi connectivity index (χ1v) is 8.41. The number of nitrogens with zero attached hydrogens (tertiary/aromatic N) is 2. The molecule has 0 atom stereocenters. The molecule has 0 unspecified atom stereocenters. The van der Waals surface area contributed by atoms with Crippen molar-refractivity contribution in [2.75, 3.05) is 0 Å². The van der Waals surface area contributed by atoms with Gasteiger partial charge >= 0.3 is 0 Å². The molecule has 0 amide bonds. The van der Waals surface area contributed by atoms with E-state index in [1.165, 1.54) is 12.0 Å². The van der Waals surface area contributed by atoms with Gasteiger partial charge in [0, 0.05) is 0 Å². The summed E-state index contributed by atoms with van der Waals surface area (Å²) in [6.07, 6.45) is 4.33. The molecule has 0 N–H and O–H groups in total. The molecular formula is C16H16ClIN2. The van der Waals surface area contributed by atoms with Crippen LogP contribution in [0.5, 0.6) is 0 Å². The summed E-state index contributed by atoms with van der Waals surface area (Å²) in [6, 6.07) is 10.6. The summed E-state index contributed by atoms with van der Waals surface area (Å²) < 4.78 is 0.984. The minimum Gasteiger partial charge on any atom is -0.236 e. The Labute approximate surface area is 138 Å². The van der Waals surface area contributed by atoms with Gasteiger partial charge in [-0.05, 0) is 47.4 Å². The highest BCUT2D eigenvalue weighted by Gasteiger charge is 2.43. The molecule has 1 aliphatic rings. The van der Waals surface area contributed by atoms with E-state index in [1.807, 2.05) is 0 Å². The Morgan fingerprint density at radius 2 is 1.90 bits per heavy atom. The van der Waals surface area contributed by atoms with Crippen LogP contribution < -0.4 is 0 Å². The van der Waals surface area contributed by atoms with Crippen molar-refractivity contribution in [3.63, 3.8) is 0 Å². The standard InChI is InChI=1S/C16H16ClIN2/c1-2-12-13(18)14(17)20-15(19-12)16(9-6-10-16)11-7-4-3-5-8-11/h3-5,7-8H,2,6,9-10H2,1H3. The maximum Gasteiger partial charge on any atom is 0.146 e. The van der Waals surface area contributed by atoms with Crippen molar-refractivity contribution in [1.82, 2.24) is 9.97 Å². The molecule has 3 rings (SSSR count). The highest BCUT2D eigenvalue weighted by Crippen LogP contribution is 2.48. The monoisotopic (exact) mass is 398 g/mol. The summed E-state index contributed by atoms with van der Waals surface area (Å²) in [4.78, 5) is 9.42. The number of rotatable bonds is 3. The van der Waals surface area contributed by atoms with Crippen molar-refractivity contribution >= 4 is 34.2 Å². The number of hydrogen-bond acceptors (Lipinski definition) is 2. The summed E-state index contributed by atoms with van der Waals surface area (Å²) in [5.74, 6) is 0.900. The van der Waals surface area contributed by atoms with Crippen LogP contribution in [0, 0.1) is 3.57 Å². The predicted octanol–water partition coefficient (Wildman–Crippen LogP) is 4.77. The molecule has 2 aromatic rings. The van der Waals surface area contributed by atoms with Gasteiger partial charge in [-0.3, -0.25) is 0 Å². The van der Waals surface area contributed by atoms with Crippen molar-refractivity contribution in [1.29, 1.82) is 0 Å². The molecule has 1 fully saturated rings. The zero-order valence-corrected chi connectivity index (χ0v) is 14.3. The topological polar surface area (TPSA) is 25.8 Å². The second kappa shape index (κ2) is 5.60. The predicted molar refractivity (Wildman–Crippen MR) is 90.2 cm³/mol. The van der Waals surface area contributed by atoms with Gasteiger partial charge in [-0.2, -0.15) is 0 Å². The van der Waals surface area contributed by atoms with Crippen LogP contribution in [0.25, 0.3) is 0 Å². The van der Waals surface area contributed by atoms with Crippen molar-refractivity contribution in [3.05, 3.63) is 56.1 Å². The summed E-state index contributed by atoms with van der Waals surface area (Å²) in [5.41, 5.74) is 2.34. The Balaban J connectivity index is 2.13. The maximum atomic E-state index is 6.31. The minimum absolute atomic E-state index is 0.0286. The van der Waals surface area contributed by atoms with Crippen LogP contribution in [-0.4, -0.2) is 9.97 Å². The quantitative estimate of drug-likeness (QED) is 0.550. The maximum absolute atomic E-state index is 6.31. The average molecular weight is 399 g/mol. The molecule has 1 aliphatic carbocycles. The lowest BCUT2D eigenvalue weighted by molar-refractivity contribution is 0.284. The van der Waals surface area contributed by atoms with Gasteiger partial charge in [-0.1, -0.05) is 55.3 Å². The first-order chi connectivity index (χ1) is 9.67. The molecule has 1 saturated carbocycles. The third-order valence-electron chi connectivity index (χ3n) is 4.18. The molecular weight excluding hydrogens is 383 g/mol. The van der Waals surface area contributed by atoms with Gasteiger partial charge in [0.1, 0.15) is 11.0 Å². The van der Waals surface area contributed by atoms with E-state index in [9.17, 15) is 0 Å². The van der Waals surface area contributed by atoms with Crippen molar-refractivity contribution in [3.8, 4) is 0 Å². The molecule has 0 radical (unpaired) electrons. The Kier molecular flexibility index (Phi) is 4.00. The Hall–Kier alpha value is -0.680. The Morgan fingerprint density at radius 1 is 1.20 bits per heavy atom. The molecule has 2 nitrogen and oxygen atoms in total. The fraction of sp³-hybridized carbons (Fsp3) is 0.375. The number of benzene rings is 1. The van der Waals surface area contributed by atoms with E-state index in [-0.39, 0.29) is 5.41 Å². The van der Waals surface area contributed by atoms with E-state index in [0.29, 0.717) is 5.15 Å². The van der Waals surface area contributed by atoms with Crippen LogP contribution in [0.4, 0.5) is 0 Å². The van der Waals surface area contributed by atoms with E-state index < -0.39 is 0 Å². The second-order valence-corrected chi connectivity index (χ2v) is 6.69. The SMILES string of the molecule is CCc1nc(C2(c3ccccc3)CCC2)nc(Cl)c1I. The minimum atomic E-state index is -0.0286. The fourth-order valence-electron chi connectivity index (χ4n) is 2.84. The van der Waals surface area contributed by atoms with E-state index in [4.69, 9.17) is 16.6 Å². The van der Waals surface area contributed by atoms with E-state index in [0.717, 1.165) is 34.4 Å². The highest BCUT2D eigenvalue weighted by molar-refractivity contribution is 14.1. The first-order valence-electron chi connectivity index (χ1n) is 6.95. The van der Waals surface area contributed by atoms with Crippen LogP contribution in [-0.2, 0) is 11.8 Å². The van der Waals surface area contributed by atoms with Gasteiger partial charge in [0.15, 0.2) is 0 Å². The molecule has 0 bridgehead atoms. The molecule has 1 aromatic heterocycles. The van der Waals surface area contributed by atoms with Crippen LogP contribution in [0.1, 0.15) is 43.3 Å².